The fraction of sp³-hybridized carbons (Fsp3) is 0.500. The molecule has 0 fully saturated rings. The Morgan fingerprint density at radius 2 is 2.12 bits per heavy atom. The summed E-state index contributed by atoms with van der Waals surface area (Å²) in [5.41, 5.74) is 0. The topological polar surface area (TPSA) is 63.2 Å². The summed E-state index contributed by atoms with van der Waals surface area (Å²) in [6.07, 6.45) is 0.808. The lowest BCUT2D eigenvalue weighted by Crippen LogP contribution is -2.36. The molecular weight excluding hydrogens is 246 g/mol. The van der Waals surface area contributed by atoms with E-state index in [1.165, 1.54) is 25.2 Å². The minimum absolute atomic E-state index is 0.198. The van der Waals surface area contributed by atoms with E-state index < -0.39 is 16.1 Å². The predicted molar refractivity (Wildman–Crippen MR) is 64.2 cm³/mol. The van der Waals surface area contributed by atoms with Crippen LogP contribution < -0.4 is 4.72 Å². The maximum atomic E-state index is 11.8. The van der Waals surface area contributed by atoms with Gasteiger partial charge in [0.1, 0.15) is 9.99 Å². The number of thiophene rings is 1. The molecular formula is C10H15NO3S2. The summed E-state index contributed by atoms with van der Waals surface area (Å²) >= 11 is 1.23. The Morgan fingerprint density at radius 1 is 1.50 bits per heavy atom. The van der Waals surface area contributed by atoms with Crippen molar-refractivity contribution >= 4 is 27.1 Å². The van der Waals surface area contributed by atoms with Crippen molar-refractivity contribution in [3.8, 4) is 0 Å². The number of hydrogen-bond donors (Lipinski definition) is 1. The van der Waals surface area contributed by atoms with Crippen LogP contribution in [0.3, 0.4) is 0 Å². The molecule has 0 bridgehead atoms. The van der Waals surface area contributed by atoms with E-state index in [2.05, 4.69) is 4.72 Å². The SMILES string of the molecule is CCc1ccc(S(=O)(=O)NC(C)C(C)=O)s1. The zero-order valence-corrected chi connectivity index (χ0v) is 11.1. The third kappa shape index (κ3) is 3.13. The van der Waals surface area contributed by atoms with E-state index in [4.69, 9.17) is 0 Å². The molecule has 0 aliphatic carbocycles. The molecule has 0 aromatic carbocycles. The third-order valence-electron chi connectivity index (χ3n) is 2.19. The minimum atomic E-state index is -3.55. The summed E-state index contributed by atoms with van der Waals surface area (Å²) in [5.74, 6) is -0.198. The molecule has 16 heavy (non-hydrogen) atoms. The van der Waals surface area contributed by atoms with Crippen molar-refractivity contribution in [1.82, 2.24) is 4.72 Å². The summed E-state index contributed by atoms with van der Waals surface area (Å²) in [6.45, 7) is 4.86. The molecule has 1 aromatic heterocycles. The number of nitrogens with one attached hydrogen (secondary N) is 1. The van der Waals surface area contributed by atoms with Crippen LogP contribution in [0.4, 0.5) is 0 Å². The molecule has 1 unspecified atom stereocenters. The number of aryl methyl sites for hydroxylation is 1. The van der Waals surface area contributed by atoms with E-state index in [0.717, 1.165) is 11.3 Å². The summed E-state index contributed by atoms with van der Waals surface area (Å²) in [5, 5.41) is 0. The van der Waals surface area contributed by atoms with Crippen molar-refractivity contribution in [2.75, 3.05) is 0 Å². The van der Waals surface area contributed by atoms with Gasteiger partial charge in [-0.1, -0.05) is 6.92 Å². The Labute approximate surface area is 99.7 Å². The minimum Gasteiger partial charge on any atom is -0.298 e. The largest absolute Gasteiger partial charge is 0.298 e. The molecule has 1 aromatic rings. The van der Waals surface area contributed by atoms with Crippen molar-refractivity contribution in [3.63, 3.8) is 0 Å². The smallest absolute Gasteiger partial charge is 0.250 e. The zero-order chi connectivity index (χ0) is 12.3. The molecule has 1 heterocycles. The van der Waals surface area contributed by atoms with E-state index in [0.29, 0.717) is 0 Å². The first kappa shape index (κ1) is 13.3. The highest BCUT2D eigenvalue weighted by molar-refractivity contribution is 7.91. The van der Waals surface area contributed by atoms with Crippen molar-refractivity contribution in [2.45, 2.75) is 37.4 Å². The number of carbonyl (C=O) groups is 1. The lowest BCUT2D eigenvalue weighted by molar-refractivity contribution is -0.118. The number of sulfonamides is 1. The molecule has 0 saturated heterocycles. The molecule has 1 N–H and O–H groups in total. The van der Waals surface area contributed by atoms with Gasteiger partial charge in [-0.3, -0.25) is 4.79 Å². The van der Waals surface area contributed by atoms with Crippen molar-refractivity contribution in [3.05, 3.63) is 17.0 Å². The highest BCUT2D eigenvalue weighted by Crippen LogP contribution is 2.21. The second-order valence-corrected chi connectivity index (χ2v) is 6.64. The van der Waals surface area contributed by atoms with Crippen LogP contribution in [0.2, 0.25) is 0 Å². The van der Waals surface area contributed by atoms with Gasteiger partial charge in [-0.2, -0.15) is 0 Å². The van der Waals surface area contributed by atoms with Gasteiger partial charge in [0, 0.05) is 4.88 Å². The third-order valence-corrected chi connectivity index (χ3v) is 5.45. The number of Topliss-reactive ketones (excluding diaryl/α,β-unsaturated/α-hetero) is 1. The lowest BCUT2D eigenvalue weighted by atomic mass is 10.3. The van der Waals surface area contributed by atoms with Crippen LogP contribution in [0, 0.1) is 0 Å². The number of ketones is 1. The molecule has 0 aliphatic rings. The predicted octanol–water partition coefficient (Wildman–Crippen LogP) is 1.57. The Balaban J connectivity index is 2.90. The first-order valence-electron chi connectivity index (χ1n) is 4.98. The standard InChI is InChI=1S/C10H15NO3S2/c1-4-9-5-6-10(15-9)16(13,14)11-7(2)8(3)12/h5-7,11H,4H2,1-3H3. The van der Waals surface area contributed by atoms with Gasteiger partial charge in [0.2, 0.25) is 0 Å². The van der Waals surface area contributed by atoms with Crippen LogP contribution in [0.5, 0.6) is 0 Å². The van der Waals surface area contributed by atoms with Gasteiger partial charge < -0.3 is 0 Å². The molecule has 6 heteroatoms. The highest BCUT2D eigenvalue weighted by atomic mass is 32.2. The molecule has 0 spiro atoms. The monoisotopic (exact) mass is 261 g/mol. The fourth-order valence-corrected chi connectivity index (χ4v) is 3.64. The summed E-state index contributed by atoms with van der Waals surface area (Å²) in [4.78, 5) is 12.0. The van der Waals surface area contributed by atoms with Crippen LogP contribution in [0.15, 0.2) is 16.3 Å². The van der Waals surface area contributed by atoms with Gasteiger partial charge in [-0.25, -0.2) is 13.1 Å². The average molecular weight is 261 g/mol. The van der Waals surface area contributed by atoms with Crippen LogP contribution >= 0.6 is 11.3 Å². The zero-order valence-electron chi connectivity index (χ0n) is 9.48. The Hall–Kier alpha value is -0.720. The number of hydrogen-bond acceptors (Lipinski definition) is 4. The molecule has 4 nitrogen and oxygen atoms in total. The second kappa shape index (κ2) is 5.07. The van der Waals surface area contributed by atoms with Gasteiger partial charge in [-0.15, -0.1) is 11.3 Å². The van der Waals surface area contributed by atoms with E-state index in [1.807, 2.05) is 6.92 Å². The van der Waals surface area contributed by atoms with E-state index in [9.17, 15) is 13.2 Å². The van der Waals surface area contributed by atoms with Gasteiger partial charge in [0.15, 0.2) is 0 Å². The maximum absolute atomic E-state index is 11.8. The Kier molecular flexibility index (Phi) is 4.23. The lowest BCUT2D eigenvalue weighted by Gasteiger charge is -2.09. The van der Waals surface area contributed by atoms with Crippen LogP contribution in [-0.2, 0) is 21.2 Å². The van der Waals surface area contributed by atoms with Crippen molar-refractivity contribution < 1.29 is 13.2 Å². The van der Waals surface area contributed by atoms with E-state index >= 15 is 0 Å². The fourth-order valence-electron chi connectivity index (χ4n) is 1.07. The molecule has 90 valence electrons. The molecule has 1 atom stereocenters. The van der Waals surface area contributed by atoms with Gasteiger partial charge in [-0.05, 0) is 32.4 Å². The van der Waals surface area contributed by atoms with Gasteiger partial charge >= 0.3 is 0 Å². The molecule has 0 radical (unpaired) electrons. The van der Waals surface area contributed by atoms with Crippen molar-refractivity contribution in [1.29, 1.82) is 0 Å². The van der Waals surface area contributed by atoms with Gasteiger partial charge in [0.25, 0.3) is 10.0 Å². The molecule has 0 amide bonds. The summed E-state index contributed by atoms with van der Waals surface area (Å²) in [7, 11) is -3.55. The molecule has 0 aliphatic heterocycles. The van der Waals surface area contributed by atoms with Gasteiger partial charge in [0.05, 0.1) is 6.04 Å². The van der Waals surface area contributed by atoms with Crippen LogP contribution in [0.1, 0.15) is 25.6 Å². The van der Waals surface area contributed by atoms with E-state index in [1.54, 1.807) is 12.1 Å². The summed E-state index contributed by atoms with van der Waals surface area (Å²) < 4.78 is 26.3. The number of rotatable bonds is 5. The normalized spacial score (nSPS) is 13.7. The Bertz CT molecular complexity index is 476. The van der Waals surface area contributed by atoms with Crippen molar-refractivity contribution in [2.24, 2.45) is 0 Å². The Morgan fingerprint density at radius 3 is 2.56 bits per heavy atom. The first-order valence-corrected chi connectivity index (χ1v) is 7.28. The average Bonchev–Trinajstić information content (AvgIpc) is 2.65. The highest BCUT2D eigenvalue weighted by Gasteiger charge is 2.21. The molecule has 0 saturated carbocycles. The number of carbonyl (C=O) groups excluding carboxylic acids is 1. The maximum Gasteiger partial charge on any atom is 0.250 e. The summed E-state index contributed by atoms with van der Waals surface area (Å²) in [6, 6.07) is 2.67. The van der Waals surface area contributed by atoms with Crippen LogP contribution in [0.25, 0.3) is 0 Å². The second-order valence-electron chi connectivity index (χ2n) is 3.53. The first-order chi connectivity index (χ1) is 7.36. The molecule has 1 rings (SSSR count). The van der Waals surface area contributed by atoms with E-state index in [-0.39, 0.29) is 9.99 Å². The quantitative estimate of drug-likeness (QED) is 0.875. The van der Waals surface area contributed by atoms with Crippen LogP contribution in [-0.4, -0.2) is 20.2 Å².